The molecular formula is C31H43ClFNO3. The highest BCUT2D eigenvalue weighted by molar-refractivity contribution is 6.33. The maximum Gasteiger partial charge on any atom is 0.183 e. The smallest absolute Gasteiger partial charge is 0.183 e. The van der Waals surface area contributed by atoms with Crippen LogP contribution in [0.5, 0.6) is 5.75 Å². The summed E-state index contributed by atoms with van der Waals surface area (Å²) in [7, 11) is 3.36. The number of allylic oxidation sites excluding steroid dienone is 1. The van der Waals surface area contributed by atoms with E-state index in [-0.39, 0.29) is 11.9 Å². The number of methoxy groups -OCH3 is 2. The maximum atomic E-state index is 13.6. The molecule has 0 aromatic heterocycles. The lowest BCUT2D eigenvalue weighted by atomic mass is 9.91. The summed E-state index contributed by atoms with van der Waals surface area (Å²) < 4.78 is 30.1. The molecule has 1 aliphatic rings. The highest BCUT2D eigenvalue weighted by Gasteiger charge is 2.22. The molecule has 0 spiro atoms. The molecule has 37 heavy (non-hydrogen) atoms. The first-order valence-electron chi connectivity index (χ1n) is 13.3. The van der Waals surface area contributed by atoms with Crippen LogP contribution in [0, 0.1) is 18.7 Å². The summed E-state index contributed by atoms with van der Waals surface area (Å²) in [4.78, 5) is 4.60. The Morgan fingerprint density at radius 1 is 1.16 bits per heavy atom. The van der Waals surface area contributed by atoms with Gasteiger partial charge in [0.15, 0.2) is 5.90 Å². The van der Waals surface area contributed by atoms with E-state index in [1.165, 1.54) is 17.2 Å². The second-order valence-electron chi connectivity index (χ2n) is 9.45. The first kappa shape index (κ1) is 30.7. The van der Waals surface area contributed by atoms with Crippen molar-refractivity contribution in [3.8, 4) is 16.9 Å². The van der Waals surface area contributed by atoms with Gasteiger partial charge in [-0.05, 0) is 73.4 Å². The molecule has 1 unspecified atom stereocenters. The van der Waals surface area contributed by atoms with Crippen molar-refractivity contribution in [1.29, 1.82) is 0 Å². The van der Waals surface area contributed by atoms with Crippen molar-refractivity contribution >= 4 is 17.5 Å². The van der Waals surface area contributed by atoms with Crippen LogP contribution >= 0.6 is 11.6 Å². The Balaban J connectivity index is 0.000000273. The fourth-order valence-electron chi connectivity index (χ4n) is 4.54. The van der Waals surface area contributed by atoms with E-state index in [1.54, 1.807) is 20.3 Å². The summed E-state index contributed by atoms with van der Waals surface area (Å²) in [5.41, 5.74) is 5.29. The summed E-state index contributed by atoms with van der Waals surface area (Å²) >= 11 is 6.33. The number of aliphatic imine (C=N–C) groups is 1. The number of nitrogens with zero attached hydrogens (tertiary/aromatic N) is 1. The van der Waals surface area contributed by atoms with Gasteiger partial charge in [0, 0.05) is 17.5 Å². The lowest BCUT2D eigenvalue weighted by Gasteiger charge is -2.24. The molecule has 0 amide bonds. The maximum absolute atomic E-state index is 13.6. The van der Waals surface area contributed by atoms with E-state index in [9.17, 15) is 4.39 Å². The molecular weight excluding hydrogens is 489 g/mol. The summed E-state index contributed by atoms with van der Waals surface area (Å²) in [6.07, 6.45) is 6.64. The van der Waals surface area contributed by atoms with Crippen LogP contribution < -0.4 is 4.74 Å². The van der Waals surface area contributed by atoms with Crippen molar-refractivity contribution < 1.29 is 18.6 Å². The van der Waals surface area contributed by atoms with E-state index in [4.69, 9.17) is 25.8 Å². The Labute approximate surface area is 227 Å². The first-order chi connectivity index (χ1) is 17.7. The van der Waals surface area contributed by atoms with Crippen LogP contribution in [0.15, 0.2) is 41.1 Å². The average molecular weight is 532 g/mol. The zero-order chi connectivity index (χ0) is 27.5. The topological polar surface area (TPSA) is 40.0 Å². The minimum atomic E-state index is -0.289. The first-order valence-corrected chi connectivity index (χ1v) is 13.7. The molecule has 6 heteroatoms. The number of rotatable bonds is 8. The number of hydrogen-bond donors (Lipinski definition) is 0. The minimum Gasteiger partial charge on any atom is -0.499 e. The van der Waals surface area contributed by atoms with Crippen LogP contribution in [0.4, 0.5) is 4.39 Å². The molecule has 204 valence electrons. The van der Waals surface area contributed by atoms with E-state index in [1.807, 2.05) is 19.9 Å². The zero-order valence-corrected chi connectivity index (χ0v) is 24.5. The Kier molecular flexibility index (Phi) is 12.5. The molecule has 1 aliphatic heterocycles. The number of fused-ring (bicyclic) bond motifs is 1. The van der Waals surface area contributed by atoms with Gasteiger partial charge < -0.3 is 14.2 Å². The molecule has 2 aromatic carbocycles. The van der Waals surface area contributed by atoms with Crippen LogP contribution in [-0.2, 0) is 22.3 Å². The molecule has 2 aromatic rings. The largest absolute Gasteiger partial charge is 0.499 e. The third-order valence-corrected chi connectivity index (χ3v) is 6.78. The van der Waals surface area contributed by atoms with Gasteiger partial charge in [0.1, 0.15) is 23.4 Å². The van der Waals surface area contributed by atoms with Crippen LogP contribution in [0.25, 0.3) is 11.1 Å². The van der Waals surface area contributed by atoms with E-state index in [0.717, 1.165) is 72.8 Å². The minimum absolute atomic E-state index is 0.0554. The van der Waals surface area contributed by atoms with Crippen LogP contribution in [0.1, 0.15) is 70.6 Å². The summed E-state index contributed by atoms with van der Waals surface area (Å²) in [5.74, 6) is 2.74. The van der Waals surface area contributed by atoms with Crippen molar-refractivity contribution in [2.24, 2.45) is 10.9 Å². The van der Waals surface area contributed by atoms with Gasteiger partial charge >= 0.3 is 0 Å². The fraction of sp³-hybridized carbons (Fsp3) is 0.516. The standard InChI is InChI=1S/C18H18ClFO.C13H25NO2/c1-3-12-9-13(20)10-16(19)17(12)15-7-6-11(2)14-5-4-8-21-18(14)15;1-7-9-11(15-5)13(10(3)4)14-12(8-2)16-6/h6-7,9-10H,3-5,8H2,1-2H3;9-10,13H,7-8H2,1-6H3/b;11-9-,14-12?. The number of aryl methyl sites for hydroxylation is 2. The number of halogens is 2. The lowest BCUT2D eigenvalue weighted by Crippen LogP contribution is -2.20. The Morgan fingerprint density at radius 3 is 2.46 bits per heavy atom. The molecule has 1 heterocycles. The predicted molar refractivity (Wildman–Crippen MR) is 154 cm³/mol. The Bertz CT molecular complexity index is 1090. The molecule has 1 atom stereocenters. The highest BCUT2D eigenvalue weighted by Crippen LogP contribution is 2.42. The molecule has 0 aliphatic carbocycles. The van der Waals surface area contributed by atoms with Crippen molar-refractivity contribution in [3.05, 3.63) is 63.6 Å². The second-order valence-corrected chi connectivity index (χ2v) is 9.86. The summed E-state index contributed by atoms with van der Waals surface area (Å²) in [6, 6.07) is 7.14. The van der Waals surface area contributed by atoms with Crippen LogP contribution in [0.3, 0.4) is 0 Å². The van der Waals surface area contributed by atoms with Crippen molar-refractivity contribution in [2.45, 2.75) is 79.7 Å². The van der Waals surface area contributed by atoms with E-state index in [0.29, 0.717) is 10.9 Å². The fourth-order valence-corrected chi connectivity index (χ4v) is 4.87. The second kappa shape index (κ2) is 15.0. The average Bonchev–Trinajstić information content (AvgIpc) is 2.89. The molecule has 4 nitrogen and oxygen atoms in total. The Morgan fingerprint density at radius 2 is 1.89 bits per heavy atom. The van der Waals surface area contributed by atoms with Crippen molar-refractivity contribution in [1.82, 2.24) is 0 Å². The molecule has 3 rings (SSSR count). The zero-order valence-electron chi connectivity index (χ0n) is 23.7. The molecule has 0 radical (unpaired) electrons. The molecule has 0 saturated heterocycles. The van der Waals surface area contributed by atoms with Crippen molar-refractivity contribution in [2.75, 3.05) is 20.8 Å². The van der Waals surface area contributed by atoms with Gasteiger partial charge in [-0.1, -0.05) is 58.4 Å². The van der Waals surface area contributed by atoms with Gasteiger partial charge in [0.05, 0.1) is 25.8 Å². The number of hydrogen-bond acceptors (Lipinski definition) is 4. The third-order valence-electron chi connectivity index (χ3n) is 6.48. The predicted octanol–water partition coefficient (Wildman–Crippen LogP) is 8.75. The van der Waals surface area contributed by atoms with Gasteiger partial charge in [-0.3, -0.25) is 0 Å². The van der Waals surface area contributed by atoms with Gasteiger partial charge in [-0.2, -0.15) is 0 Å². The SMILES string of the molecule is CC/C=C(\OC)C(N=C(CC)OC)C(C)C.CCc1cc(F)cc(Cl)c1-c1ccc(C)c2c1OCCC2. The summed E-state index contributed by atoms with van der Waals surface area (Å²) in [5, 5.41) is 0.451. The monoisotopic (exact) mass is 531 g/mol. The van der Waals surface area contributed by atoms with Gasteiger partial charge in [-0.25, -0.2) is 9.38 Å². The lowest BCUT2D eigenvalue weighted by molar-refractivity contribution is 0.244. The molecule has 0 N–H and O–H groups in total. The van der Waals surface area contributed by atoms with Crippen molar-refractivity contribution in [3.63, 3.8) is 0 Å². The molecule has 0 saturated carbocycles. The normalized spacial score (nSPS) is 14.4. The van der Waals surface area contributed by atoms with Crippen LogP contribution in [0.2, 0.25) is 5.02 Å². The van der Waals surface area contributed by atoms with E-state index < -0.39 is 0 Å². The van der Waals surface area contributed by atoms with Crippen LogP contribution in [-0.4, -0.2) is 32.8 Å². The van der Waals surface area contributed by atoms with Gasteiger partial charge in [-0.15, -0.1) is 0 Å². The summed E-state index contributed by atoms with van der Waals surface area (Å²) in [6.45, 7) is 13.2. The molecule has 0 fully saturated rings. The quantitative estimate of drug-likeness (QED) is 0.194. The number of ether oxygens (including phenoxy) is 3. The van der Waals surface area contributed by atoms with Gasteiger partial charge in [0.25, 0.3) is 0 Å². The Hall–Kier alpha value is -2.53. The van der Waals surface area contributed by atoms with E-state index >= 15 is 0 Å². The number of benzene rings is 2. The van der Waals surface area contributed by atoms with Gasteiger partial charge in [0.2, 0.25) is 0 Å². The molecule has 0 bridgehead atoms. The van der Waals surface area contributed by atoms with E-state index in [2.05, 4.69) is 44.8 Å². The third kappa shape index (κ3) is 7.98. The highest BCUT2D eigenvalue weighted by atomic mass is 35.5.